The van der Waals surface area contributed by atoms with Gasteiger partial charge in [-0.15, -0.1) is 0 Å². The number of methoxy groups -OCH3 is 1. The number of aryl methyl sites for hydroxylation is 1. The molecule has 4 aromatic rings. The van der Waals surface area contributed by atoms with Crippen LogP contribution in [0, 0.1) is 6.92 Å². The molecule has 6 nitrogen and oxygen atoms in total. The Hall–Kier alpha value is -3.67. The first-order chi connectivity index (χ1) is 14.2. The number of benzene rings is 2. The van der Waals surface area contributed by atoms with E-state index in [2.05, 4.69) is 19.9 Å². The molecule has 1 N–H and O–H groups in total. The second-order valence-corrected chi connectivity index (χ2v) is 6.76. The monoisotopic (exact) mass is 386 g/mol. The molecule has 0 spiro atoms. The molecule has 29 heavy (non-hydrogen) atoms. The van der Waals surface area contributed by atoms with Gasteiger partial charge in [-0.05, 0) is 43.3 Å². The van der Waals surface area contributed by atoms with E-state index in [1.54, 1.807) is 19.4 Å². The Kier molecular flexibility index (Phi) is 5.24. The molecule has 0 atom stereocenters. The van der Waals surface area contributed by atoms with Crippen molar-refractivity contribution in [3.63, 3.8) is 0 Å². The van der Waals surface area contributed by atoms with Crippen molar-refractivity contribution in [3.8, 4) is 5.75 Å². The van der Waals surface area contributed by atoms with E-state index in [1.165, 1.54) is 0 Å². The highest BCUT2D eigenvalue weighted by molar-refractivity contribution is 5.97. The molecule has 0 bridgehead atoms. The Bertz CT molecular complexity index is 1150. The molecule has 2 aromatic heterocycles. The number of ether oxygens (including phenoxy) is 1. The smallest absolute Gasteiger partial charge is 0.251 e. The van der Waals surface area contributed by atoms with E-state index < -0.39 is 0 Å². The molecule has 0 fully saturated rings. The van der Waals surface area contributed by atoms with Gasteiger partial charge in [0, 0.05) is 17.3 Å². The van der Waals surface area contributed by atoms with Crippen LogP contribution >= 0.6 is 0 Å². The van der Waals surface area contributed by atoms with E-state index in [1.807, 2.05) is 61.5 Å². The molecule has 0 saturated heterocycles. The Morgan fingerprint density at radius 2 is 1.93 bits per heavy atom. The number of carbonyl (C=O) groups is 1. The normalized spacial score (nSPS) is 10.8. The standard InChI is InChI=1S/C23H22N4O2/c1-16-26-20-11-10-17(23(28)25-14-19-8-5-6-12-24-19)13-21(20)27(16)15-18-7-3-4-9-22(18)29-2/h3-13H,14-15H2,1-2H3,(H,25,28). The van der Waals surface area contributed by atoms with Crippen LogP contribution in [0.3, 0.4) is 0 Å². The van der Waals surface area contributed by atoms with E-state index in [4.69, 9.17) is 4.74 Å². The van der Waals surface area contributed by atoms with Crippen LogP contribution in [0.4, 0.5) is 0 Å². The summed E-state index contributed by atoms with van der Waals surface area (Å²) in [7, 11) is 1.67. The quantitative estimate of drug-likeness (QED) is 0.548. The van der Waals surface area contributed by atoms with Crippen LogP contribution in [0.1, 0.15) is 27.4 Å². The average molecular weight is 386 g/mol. The van der Waals surface area contributed by atoms with E-state index in [0.717, 1.165) is 33.9 Å². The fraction of sp³-hybridized carbons (Fsp3) is 0.174. The largest absolute Gasteiger partial charge is 0.496 e. The number of nitrogens with zero attached hydrogens (tertiary/aromatic N) is 3. The topological polar surface area (TPSA) is 69.0 Å². The maximum Gasteiger partial charge on any atom is 0.251 e. The highest BCUT2D eigenvalue weighted by Gasteiger charge is 2.13. The second-order valence-electron chi connectivity index (χ2n) is 6.76. The molecule has 0 aliphatic carbocycles. The Balaban J connectivity index is 1.61. The van der Waals surface area contributed by atoms with Gasteiger partial charge in [-0.3, -0.25) is 9.78 Å². The van der Waals surface area contributed by atoms with Crippen molar-refractivity contribution in [3.05, 3.63) is 89.5 Å². The number of para-hydroxylation sites is 1. The van der Waals surface area contributed by atoms with Crippen molar-refractivity contribution >= 4 is 16.9 Å². The van der Waals surface area contributed by atoms with Gasteiger partial charge < -0.3 is 14.6 Å². The lowest BCUT2D eigenvalue weighted by Gasteiger charge is -2.11. The fourth-order valence-corrected chi connectivity index (χ4v) is 3.36. The number of hydrogen-bond acceptors (Lipinski definition) is 4. The van der Waals surface area contributed by atoms with Gasteiger partial charge in [0.2, 0.25) is 0 Å². The molecule has 146 valence electrons. The number of imidazole rings is 1. The second kappa shape index (κ2) is 8.14. The van der Waals surface area contributed by atoms with Crippen molar-refractivity contribution in [1.29, 1.82) is 0 Å². The molecular formula is C23H22N4O2. The number of fused-ring (bicyclic) bond motifs is 1. The van der Waals surface area contributed by atoms with Crippen LogP contribution < -0.4 is 10.1 Å². The Morgan fingerprint density at radius 3 is 2.72 bits per heavy atom. The number of pyridine rings is 1. The van der Waals surface area contributed by atoms with Crippen molar-refractivity contribution in [2.24, 2.45) is 0 Å². The van der Waals surface area contributed by atoms with Crippen LogP contribution in [0.25, 0.3) is 11.0 Å². The molecule has 0 aliphatic heterocycles. The lowest BCUT2D eigenvalue weighted by molar-refractivity contribution is 0.0950. The molecule has 0 saturated carbocycles. The summed E-state index contributed by atoms with van der Waals surface area (Å²) in [6, 6.07) is 19.1. The van der Waals surface area contributed by atoms with Gasteiger partial charge in [0.1, 0.15) is 11.6 Å². The summed E-state index contributed by atoms with van der Waals surface area (Å²) in [5, 5.41) is 2.92. The first kappa shape index (κ1) is 18.7. The number of amides is 1. The Labute approximate surface area is 169 Å². The predicted molar refractivity (Wildman–Crippen MR) is 112 cm³/mol. The minimum Gasteiger partial charge on any atom is -0.496 e. The molecule has 2 aromatic carbocycles. The number of carbonyl (C=O) groups excluding carboxylic acids is 1. The summed E-state index contributed by atoms with van der Waals surface area (Å²) in [6.07, 6.45) is 1.72. The molecular weight excluding hydrogens is 364 g/mol. The highest BCUT2D eigenvalue weighted by Crippen LogP contribution is 2.23. The van der Waals surface area contributed by atoms with Crippen LogP contribution in [0.5, 0.6) is 5.75 Å². The molecule has 2 heterocycles. The van der Waals surface area contributed by atoms with Gasteiger partial charge in [-0.25, -0.2) is 4.98 Å². The van der Waals surface area contributed by atoms with Crippen LogP contribution in [-0.2, 0) is 13.1 Å². The Morgan fingerprint density at radius 1 is 1.10 bits per heavy atom. The van der Waals surface area contributed by atoms with Crippen LogP contribution in [-0.4, -0.2) is 27.6 Å². The van der Waals surface area contributed by atoms with Crippen molar-refractivity contribution in [2.45, 2.75) is 20.0 Å². The summed E-state index contributed by atoms with van der Waals surface area (Å²) in [6.45, 7) is 2.97. The minimum absolute atomic E-state index is 0.139. The van der Waals surface area contributed by atoms with Crippen molar-refractivity contribution < 1.29 is 9.53 Å². The maximum atomic E-state index is 12.6. The summed E-state index contributed by atoms with van der Waals surface area (Å²) < 4.78 is 7.58. The minimum atomic E-state index is -0.139. The summed E-state index contributed by atoms with van der Waals surface area (Å²) in [5.41, 5.74) is 4.24. The molecule has 1 amide bonds. The third-order valence-electron chi connectivity index (χ3n) is 4.88. The summed E-state index contributed by atoms with van der Waals surface area (Å²) in [5.74, 6) is 1.58. The predicted octanol–water partition coefficient (Wildman–Crippen LogP) is 3.73. The zero-order chi connectivity index (χ0) is 20.2. The van der Waals surface area contributed by atoms with E-state index in [9.17, 15) is 4.79 Å². The SMILES string of the molecule is COc1ccccc1Cn1c(C)nc2ccc(C(=O)NCc3ccccn3)cc21. The van der Waals surface area contributed by atoms with Gasteiger partial charge in [0.15, 0.2) is 0 Å². The molecule has 0 radical (unpaired) electrons. The van der Waals surface area contributed by atoms with Crippen LogP contribution in [0.2, 0.25) is 0 Å². The van der Waals surface area contributed by atoms with Gasteiger partial charge in [-0.2, -0.15) is 0 Å². The molecule has 6 heteroatoms. The van der Waals surface area contributed by atoms with E-state index >= 15 is 0 Å². The number of rotatable bonds is 6. The zero-order valence-corrected chi connectivity index (χ0v) is 16.4. The lowest BCUT2D eigenvalue weighted by Crippen LogP contribution is -2.23. The van der Waals surface area contributed by atoms with Crippen molar-refractivity contribution in [2.75, 3.05) is 7.11 Å². The zero-order valence-electron chi connectivity index (χ0n) is 16.4. The number of hydrogen-bond donors (Lipinski definition) is 1. The van der Waals surface area contributed by atoms with E-state index in [-0.39, 0.29) is 5.91 Å². The average Bonchev–Trinajstić information content (AvgIpc) is 3.07. The number of nitrogens with one attached hydrogen (secondary N) is 1. The lowest BCUT2D eigenvalue weighted by atomic mass is 10.1. The van der Waals surface area contributed by atoms with Gasteiger partial charge >= 0.3 is 0 Å². The van der Waals surface area contributed by atoms with Gasteiger partial charge in [0.25, 0.3) is 5.91 Å². The third kappa shape index (κ3) is 3.96. The fourth-order valence-electron chi connectivity index (χ4n) is 3.36. The van der Waals surface area contributed by atoms with Gasteiger partial charge in [0.05, 0.1) is 36.9 Å². The molecule has 0 aliphatic rings. The summed E-state index contributed by atoms with van der Waals surface area (Å²) >= 11 is 0. The van der Waals surface area contributed by atoms with E-state index in [0.29, 0.717) is 18.7 Å². The van der Waals surface area contributed by atoms with Gasteiger partial charge in [-0.1, -0.05) is 24.3 Å². The third-order valence-corrected chi connectivity index (χ3v) is 4.88. The number of aromatic nitrogens is 3. The van der Waals surface area contributed by atoms with Crippen LogP contribution in [0.15, 0.2) is 66.9 Å². The first-order valence-corrected chi connectivity index (χ1v) is 9.42. The molecule has 4 rings (SSSR count). The summed E-state index contributed by atoms with van der Waals surface area (Å²) in [4.78, 5) is 21.5. The van der Waals surface area contributed by atoms with Crippen molar-refractivity contribution in [1.82, 2.24) is 19.9 Å². The molecule has 0 unspecified atom stereocenters. The first-order valence-electron chi connectivity index (χ1n) is 9.42. The highest BCUT2D eigenvalue weighted by atomic mass is 16.5. The maximum absolute atomic E-state index is 12.6.